The van der Waals surface area contributed by atoms with Crippen molar-refractivity contribution in [2.75, 3.05) is 26.2 Å². The highest BCUT2D eigenvalue weighted by atomic mass is 19.4. The fourth-order valence-electron chi connectivity index (χ4n) is 5.06. The molecular formula is C22H33F3N4O5. The van der Waals surface area contributed by atoms with Crippen LogP contribution in [0.15, 0.2) is 0 Å². The predicted octanol–water partition coefficient (Wildman–Crippen LogP) is 0.418. The van der Waals surface area contributed by atoms with Gasteiger partial charge in [-0.15, -0.1) is 13.2 Å². The molecule has 12 heteroatoms. The standard InChI is InChI=1S/C22H33F3N4O5/c1-20(3-4-20)28-17(31)10-29-12-21(5-6-21)9-15(29)19(33)27-14(8-13-2-7-26-18(13)32)16(30)11-34-22(23,24)25/h13-15,18,26,32H,2-12H2,1H3,(H,27,33)(H,28,31)/t13-,14-,15-,18?/m0/s1. The van der Waals surface area contributed by atoms with E-state index in [2.05, 4.69) is 20.7 Å². The minimum Gasteiger partial charge on any atom is -0.378 e. The Morgan fingerprint density at radius 1 is 1.24 bits per heavy atom. The van der Waals surface area contributed by atoms with E-state index in [1.807, 2.05) is 11.8 Å². The van der Waals surface area contributed by atoms with Gasteiger partial charge in [0, 0.05) is 18.0 Å². The lowest BCUT2D eigenvalue weighted by Crippen LogP contribution is -2.53. The van der Waals surface area contributed by atoms with Crippen LogP contribution in [0.25, 0.3) is 0 Å². The van der Waals surface area contributed by atoms with Crippen molar-refractivity contribution in [3.05, 3.63) is 0 Å². The van der Waals surface area contributed by atoms with Crippen LogP contribution in [0.2, 0.25) is 0 Å². The largest absolute Gasteiger partial charge is 0.522 e. The van der Waals surface area contributed by atoms with E-state index in [0.717, 1.165) is 25.7 Å². The van der Waals surface area contributed by atoms with Crippen molar-refractivity contribution < 1.29 is 37.4 Å². The second kappa shape index (κ2) is 9.36. The van der Waals surface area contributed by atoms with Crippen molar-refractivity contribution in [2.24, 2.45) is 11.3 Å². The Morgan fingerprint density at radius 3 is 2.50 bits per heavy atom. The average molecular weight is 491 g/mol. The summed E-state index contributed by atoms with van der Waals surface area (Å²) in [5.74, 6) is -1.95. The van der Waals surface area contributed by atoms with E-state index >= 15 is 0 Å². The zero-order valence-electron chi connectivity index (χ0n) is 19.2. The van der Waals surface area contributed by atoms with E-state index in [1.54, 1.807) is 0 Å². The monoisotopic (exact) mass is 490 g/mol. The molecule has 1 unspecified atom stereocenters. The zero-order chi connectivity index (χ0) is 24.7. The van der Waals surface area contributed by atoms with Gasteiger partial charge in [-0.05, 0) is 63.8 Å². The number of likely N-dealkylation sites (tertiary alicyclic amines) is 1. The van der Waals surface area contributed by atoms with Crippen LogP contribution in [0.1, 0.15) is 51.9 Å². The first kappa shape index (κ1) is 25.3. The molecule has 2 aliphatic heterocycles. The number of aliphatic hydroxyl groups excluding tert-OH is 1. The number of nitrogens with zero attached hydrogens (tertiary/aromatic N) is 1. The molecule has 4 aliphatic rings. The molecule has 2 amide bonds. The minimum absolute atomic E-state index is 0.00331. The van der Waals surface area contributed by atoms with E-state index in [0.29, 0.717) is 25.9 Å². The second-order valence-corrected chi connectivity index (χ2v) is 10.7. The summed E-state index contributed by atoms with van der Waals surface area (Å²) < 4.78 is 41.2. The van der Waals surface area contributed by atoms with Gasteiger partial charge in [0.2, 0.25) is 11.8 Å². The third-order valence-corrected chi connectivity index (χ3v) is 7.59. The van der Waals surface area contributed by atoms with Crippen LogP contribution < -0.4 is 16.0 Å². The SMILES string of the molecule is CC1(NC(=O)CN2CC3(CC3)C[C@H]2C(=O)N[C@@H](C[C@@H]2CCNC2O)C(=O)COC(F)(F)F)CC1. The Balaban J connectivity index is 1.41. The summed E-state index contributed by atoms with van der Waals surface area (Å²) in [5.41, 5.74) is -0.200. The Morgan fingerprint density at radius 2 is 1.94 bits per heavy atom. The predicted molar refractivity (Wildman–Crippen MR) is 113 cm³/mol. The van der Waals surface area contributed by atoms with Crippen LogP contribution in [-0.2, 0) is 19.1 Å². The molecule has 0 aromatic carbocycles. The summed E-state index contributed by atoms with van der Waals surface area (Å²) in [4.78, 5) is 40.2. The molecule has 0 aromatic rings. The molecule has 2 aliphatic carbocycles. The van der Waals surface area contributed by atoms with Gasteiger partial charge in [0.05, 0.1) is 18.6 Å². The number of alkyl halides is 3. The number of carbonyl (C=O) groups excluding carboxylic acids is 3. The number of halogens is 3. The maximum absolute atomic E-state index is 13.2. The Kier molecular flexibility index (Phi) is 6.98. The lowest BCUT2D eigenvalue weighted by Gasteiger charge is -2.27. The molecule has 1 spiro atoms. The molecule has 2 saturated heterocycles. The Labute approximate surface area is 196 Å². The van der Waals surface area contributed by atoms with Crippen molar-refractivity contribution in [2.45, 2.75) is 82.1 Å². The Bertz CT molecular complexity index is 815. The number of Topliss-reactive ketones (excluding diaryl/α,β-unsaturated/α-hetero) is 1. The lowest BCUT2D eigenvalue weighted by molar-refractivity contribution is -0.321. The highest BCUT2D eigenvalue weighted by molar-refractivity contribution is 5.92. The van der Waals surface area contributed by atoms with Crippen molar-refractivity contribution in [1.82, 2.24) is 20.9 Å². The zero-order valence-corrected chi connectivity index (χ0v) is 19.2. The van der Waals surface area contributed by atoms with Crippen LogP contribution in [0.3, 0.4) is 0 Å². The summed E-state index contributed by atoms with van der Waals surface area (Å²) >= 11 is 0. The molecule has 34 heavy (non-hydrogen) atoms. The smallest absolute Gasteiger partial charge is 0.378 e. The van der Waals surface area contributed by atoms with Gasteiger partial charge in [-0.1, -0.05) is 0 Å². The van der Waals surface area contributed by atoms with Gasteiger partial charge in [-0.3, -0.25) is 29.3 Å². The molecule has 0 radical (unpaired) electrons. The summed E-state index contributed by atoms with van der Waals surface area (Å²) in [6.45, 7) is 1.90. The molecule has 4 N–H and O–H groups in total. The number of hydrogen-bond donors (Lipinski definition) is 4. The van der Waals surface area contributed by atoms with Gasteiger partial charge in [-0.25, -0.2) is 0 Å². The summed E-state index contributed by atoms with van der Waals surface area (Å²) in [6.07, 6.45) is -1.07. The summed E-state index contributed by atoms with van der Waals surface area (Å²) in [6, 6.07) is -1.88. The van der Waals surface area contributed by atoms with Gasteiger partial charge >= 0.3 is 6.36 Å². The van der Waals surface area contributed by atoms with Crippen LogP contribution >= 0.6 is 0 Å². The van der Waals surface area contributed by atoms with E-state index in [1.165, 1.54) is 0 Å². The molecular weight excluding hydrogens is 457 g/mol. The van der Waals surface area contributed by atoms with Crippen LogP contribution in [0.5, 0.6) is 0 Å². The van der Waals surface area contributed by atoms with Crippen molar-refractivity contribution in [3.63, 3.8) is 0 Å². The Hall–Kier alpha value is -1.76. The fourth-order valence-corrected chi connectivity index (χ4v) is 5.06. The summed E-state index contributed by atoms with van der Waals surface area (Å²) in [5, 5.41) is 18.5. The first-order valence-electron chi connectivity index (χ1n) is 11.9. The van der Waals surface area contributed by atoms with E-state index < -0.39 is 43.0 Å². The molecule has 4 atom stereocenters. The number of nitrogens with one attached hydrogen (secondary N) is 3. The van der Waals surface area contributed by atoms with Gasteiger partial charge in [-0.2, -0.15) is 0 Å². The molecule has 2 heterocycles. The maximum atomic E-state index is 13.2. The fraction of sp³-hybridized carbons (Fsp3) is 0.864. The molecule has 4 rings (SSSR count). The second-order valence-electron chi connectivity index (χ2n) is 10.7. The average Bonchev–Trinajstić information content (AvgIpc) is 3.57. The number of amides is 2. The van der Waals surface area contributed by atoms with E-state index in [-0.39, 0.29) is 35.7 Å². The lowest BCUT2D eigenvalue weighted by atomic mass is 9.94. The number of rotatable bonds is 10. The van der Waals surface area contributed by atoms with Gasteiger partial charge < -0.3 is 15.7 Å². The first-order chi connectivity index (χ1) is 15.9. The topological polar surface area (TPSA) is 120 Å². The van der Waals surface area contributed by atoms with Gasteiger partial charge in [0.15, 0.2) is 5.78 Å². The number of aliphatic hydroxyl groups is 1. The minimum atomic E-state index is -4.97. The first-order valence-corrected chi connectivity index (χ1v) is 11.9. The molecule has 0 aromatic heterocycles. The molecule has 9 nitrogen and oxygen atoms in total. The number of ether oxygens (including phenoxy) is 1. The number of carbonyl (C=O) groups is 3. The van der Waals surface area contributed by atoms with Crippen LogP contribution in [0.4, 0.5) is 13.2 Å². The third-order valence-electron chi connectivity index (χ3n) is 7.59. The normalized spacial score (nSPS) is 30.2. The third kappa shape index (κ3) is 6.46. The van der Waals surface area contributed by atoms with Crippen LogP contribution in [0, 0.1) is 11.3 Å². The maximum Gasteiger partial charge on any atom is 0.522 e. The number of ketones is 1. The van der Waals surface area contributed by atoms with Crippen molar-refractivity contribution in [3.8, 4) is 0 Å². The van der Waals surface area contributed by atoms with Crippen molar-refractivity contribution in [1.29, 1.82) is 0 Å². The van der Waals surface area contributed by atoms with Crippen molar-refractivity contribution >= 4 is 17.6 Å². The molecule has 0 bridgehead atoms. The molecule has 2 saturated carbocycles. The highest BCUT2D eigenvalue weighted by Gasteiger charge is 2.54. The van der Waals surface area contributed by atoms with Crippen LogP contribution in [-0.4, -0.2) is 84.1 Å². The summed E-state index contributed by atoms with van der Waals surface area (Å²) in [7, 11) is 0. The van der Waals surface area contributed by atoms with E-state index in [9.17, 15) is 32.7 Å². The molecule has 4 fully saturated rings. The molecule has 192 valence electrons. The number of hydrogen-bond acceptors (Lipinski definition) is 7. The van der Waals surface area contributed by atoms with Gasteiger partial charge in [0.1, 0.15) is 12.8 Å². The highest BCUT2D eigenvalue weighted by Crippen LogP contribution is 2.54. The van der Waals surface area contributed by atoms with E-state index in [4.69, 9.17) is 0 Å². The van der Waals surface area contributed by atoms with Gasteiger partial charge in [0.25, 0.3) is 0 Å². The quantitative estimate of drug-likeness (QED) is 0.350.